The monoisotopic (exact) mass is 356 g/mol. The van der Waals surface area contributed by atoms with Crippen LogP contribution >= 0.6 is 0 Å². The lowest BCUT2D eigenvalue weighted by Gasteiger charge is -2.20. The Kier molecular flexibility index (Phi) is 5.60. The van der Waals surface area contributed by atoms with Gasteiger partial charge in [-0.05, 0) is 26.7 Å². The van der Waals surface area contributed by atoms with Crippen LogP contribution in [0.3, 0.4) is 0 Å². The Hall–Kier alpha value is -2.77. The van der Waals surface area contributed by atoms with E-state index < -0.39 is 0 Å². The van der Waals surface area contributed by atoms with Gasteiger partial charge in [0.05, 0.1) is 5.69 Å². The third kappa shape index (κ3) is 4.25. The Balaban J connectivity index is 1.48. The standard InChI is InChI=1S/C18H24N6O2/c1-12-13(2)24(11-23-12)17-9-16(21-10-22-17)19-7-8-20-18(26)14-3-5-15(25)6-4-14/h9-11,14H,3-8H2,1-2H3,(H,20,26)(H,19,21,22). The predicted octanol–water partition coefficient (Wildman–Crippen LogP) is 1.57. The highest BCUT2D eigenvalue weighted by Gasteiger charge is 2.24. The SMILES string of the molecule is Cc1ncn(-c2cc(NCCNC(=O)C3CCC(=O)CC3)ncn2)c1C. The van der Waals surface area contributed by atoms with Gasteiger partial charge < -0.3 is 10.6 Å². The first-order valence-electron chi connectivity index (χ1n) is 8.91. The summed E-state index contributed by atoms with van der Waals surface area (Å²) in [7, 11) is 0. The number of anilines is 1. The fraction of sp³-hybridized carbons (Fsp3) is 0.500. The van der Waals surface area contributed by atoms with E-state index in [1.54, 1.807) is 6.33 Å². The van der Waals surface area contributed by atoms with Crippen LogP contribution < -0.4 is 10.6 Å². The van der Waals surface area contributed by atoms with Gasteiger partial charge in [0.2, 0.25) is 5.91 Å². The molecule has 0 radical (unpaired) electrons. The highest BCUT2D eigenvalue weighted by atomic mass is 16.2. The number of amides is 1. The molecule has 0 aromatic carbocycles. The lowest BCUT2D eigenvalue weighted by atomic mass is 9.88. The smallest absolute Gasteiger partial charge is 0.223 e. The van der Waals surface area contributed by atoms with Crippen LogP contribution in [0.2, 0.25) is 0 Å². The van der Waals surface area contributed by atoms with Crippen LogP contribution in [0.4, 0.5) is 5.82 Å². The molecule has 26 heavy (non-hydrogen) atoms. The minimum Gasteiger partial charge on any atom is -0.368 e. The van der Waals surface area contributed by atoms with Crippen molar-refractivity contribution in [2.24, 2.45) is 5.92 Å². The second-order valence-corrected chi connectivity index (χ2v) is 6.58. The minimum absolute atomic E-state index is 0.0344. The lowest BCUT2D eigenvalue weighted by molar-refractivity contribution is -0.128. The van der Waals surface area contributed by atoms with E-state index in [9.17, 15) is 9.59 Å². The van der Waals surface area contributed by atoms with Crippen molar-refractivity contribution in [3.05, 3.63) is 30.1 Å². The first kappa shape index (κ1) is 18.0. The molecule has 1 aliphatic rings. The highest BCUT2D eigenvalue weighted by molar-refractivity contribution is 5.84. The van der Waals surface area contributed by atoms with Crippen molar-refractivity contribution in [3.8, 4) is 5.82 Å². The van der Waals surface area contributed by atoms with Crippen molar-refractivity contribution >= 4 is 17.5 Å². The summed E-state index contributed by atoms with van der Waals surface area (Å²) in [4.78, 5) is 36.1. The molecule has 2 aromatic rings. The molecule has 2 N–H and O–H groups in total. The van der Waals surface area contributed by atoms with Crippen LogP contribution in [0.25, 0.3) is 5.82 Å². The number of hydrogen-bond donors (Lipinski definition) is 2. The van der Waals surface area contributed by atoms with E-state index in [1.165, 1.54) is 6.33 Å². The third-order valence-electron chi connectivity index (χ3n) is 4.80. The number of carbonyl (C=O) groups excluding carboxylic acids is 2. The summed E-state index contributed by atoms with van der Waals surface area (Å²) < 4.78 is 1.91. The molecule has 0 unspecified atom stereocenters. The van der Waals surface area contributed by atoms with Gasteiger partial charge in [-0.3, -0.25) is 14.2 Å². The number of nitrogens with one attached hydrogen (secondary N) is 2. The molecule has 2 aromatic heterocycles. The first-order valence-corrected chi connectivity index (χ1v) is 8.91. The lowest BCUT2D eigenvalue weighted by Crippen LogP contribution is -2.36. The van der Waals surface area contributed by atoms with Crippen molar-refractivity contribution in [1.82, 2.24) is 24.8 Å². The summed E-state index contributed by atoms with van der Waals surface area (Å²) in [6, 6.07) is 1.85. The van der Waals surface area contributed by atoms with E-state index in [1.807, 2.05) is 24.5 Å². The van der Waals surface area contributed by atoms with Gasteiger partial charge in [-0.25, -0.2) is 15.0 Å². The van der Waals surface area contributed by atoms with E-state index in [0.717, 1.165) is 17.2 Å². The molecule has 138 valence electrons. The Morgan fingerprint density at radius 1 is 1.19 bits per heavy atom. The number of nitrogens with zero attached hydrogens (tertiary/aromatic N) is 4. The number of hydrogen-bond acceptors (Lipinski definition) is 6. The molecule has 1 saturated carbocycles. The molecule has 1 amide bonds. The first-order chi connectivity index (χ1) is 12.5. The van der Waals surface area contributed by atoms with Crippen LogP contribution in [0.15, 0.2) is 18.7 Å². The summed E-state index contributed by atoms with van der Waals surface area (Å²) in [5.41, 5.74) is 2.00. The number of rotatable bonds is 6. The van der Waals surface area contributed by atoms with Crippen molar-refractivity contribution in [2.75, 3.05) is 18.4 Å². The zero-order chi connectivity index (χ0) is 18.5. The largest absolute Gasteiger partial charge is 0.368 e. The van der Waals surface area contributed by atoms with Crippen LogP contribution in [0.1, 0.15) is 37.1 Å². The van der Waals surface area contributed by atoms with Crippen molar-refractivity contribution in [3.63, 3.8) is 0 Å². The predicted molar refractivity (Wildman–Crippen MR) is 97.1 cm³/mol. The van der Waals surface area contributed by atoms with E-state index in [0.29, 0.717) is 44.6 Å². The minimum atomic E-state index is -0.0363. The van der Waals surface area contributed by atoms with Gasteiger partial charge in [-0.15, -0.1) is 0 Å². The number of ketones is 1. The molecule has 0 bridgehead atoms. The zero-order valence-corrected chi connectivity index (χ0v) is 15.2. The Morgan fingerprint density at radius 2 is 1.96 bits per heavy atom. The molecular weight excluding hydrogens is 332 g/mol. The highest BCUT2D eigenvalue weighted by Crippen LogP contribution is 2.21. The molecule has 8 nitrogen and oxygen atoms in total. The molecule has 3 rings (SSSR count). The van der Waals surface area contributed by atoms with E-state index in [4.69, 9.17) is 0 Å². The number of carbonyl (C=O) groups is 2. The Morgan fingerprint density at radius 3 is 2.65 bits per heavy atom. The summed E-state index contributed by atoms with van der Waals surface area (Å²) in [6.07, 6.45) is 5.62. The number of Topliss-reactive ketones (excluding diaryl/α,β-unsaturated/α-hetero) is 1. The average Bonchev–Trinajstić information content (AvgIpc) is 2.98. The Labute approximate surface area is 152 Å². The molecule has 0 atom stereocenters. The molecule has 0 saturated heterocycles. The van der Waals surface area contributed by atoms with Gasteiger partial charge in [0.1, 0.15) is 30.1 Å². The molecule has 0 aliphatic heterocycles. The van der Waals surface area contributed by atoms with Gasteiger partial charge in [0, 0.05) is 43.6 Å². The number of aromatic nitrogens is 4. The third-order valence-corrected chi connectivity index (χ3v) is 4.80. The van der Waals surface area contributed by atoms with Crippen LogP contribution in [-0.2, 0) is 9.59 Å². The maximum atomic E-state index is 12.1. The van der Waals surface area contributed by atoms with E-state index in [2.05, 4.69) is 25.6 Å². The van der Waals surface area contributed by atoms with Gasteiger partial charge in [-0.1, -0.05) is 0 Å². The number of aryl methyl sites for hydroxylation is 1. The molecule has 2 heterocycles. The molecular formula is C18H24N6O2. The Bertz CT molecular complexity index is 791. The molecule has 8 heteroatoms. The van der Waals surface area contributed by atoms with E-state index >= 15 is 0 Å². The second-order valence-electron chi connectivity index (χ2n) is 6.58. The second kappa shape index (κ2) is 8.07. The van der Waals surface area contributed by atoms with Gasteiger partial charge in [-0.2, -0.15) is 0 Å². The maximum Gasteiger partial charge on any atom is 0.223 e. The van der Waals surface area contributed by atoms with Crippen molar-refractivity contribution in [2.45, 2.75) is 39.5 Å². The van der Waals surface area contributed by atoms with Gasteiger partial charge in [0.25, 0.3) is 0 Å². The fourth-order valence-corrected chi connectivity index (χ4v) is 3.03. The van der Waals surface area contributed by atoms with Crippen LogP contribution in [0, 0.1) is 19.8 Å². The average molecular weight is 356 g/mol. The number of imidazole rings is 1. The molecule has 1 aliphatic carbocycles. The molecule has 0 spiro atoms. The molecule has 1 fully saturated rings. The quantitative estimate of drug-likeness (QED) is 0.762. The van der Waals surface area contributed by atoms with Crippen LogP contribution in [-0.4, -0.2) is 44.3 Å². The summed E-state index contributed by atoms with van der Waals surface area (Å²) in [6.45, 7) is 5.02. The normalized spacial score (nSPS) is 15.1. The zero-order valence-electron chi connectivity index (χ0n) is 15.2. The maximum absolute atomic E-state index is 12.1. The van der Waals surface area contributed by atoms with E-state index in [-0.39, 0.29) is 17.6 Å². The summed E-state index contributed by atoms with van der Waals surface area (Å²) >= 11 is 0. The fourth-order valence-electron chi connectivity index (χ4n) is 3.03. The van der Waals surface area contributed by atoms with Gasteiger partial charge >= 0.3 is 0 Å². The topological polar surface area (TPSA) is 102 Å². The van der Waals surface area contributed by atoms with Gasteiger partial charge in [0.15, 0.2) is 0 Å². The van der Waals surface area contributed by atoms with Crippen molar-refractivity contribution < 1.29 is 9.59 Å². The summed E-state index contributed by atoms with van der Waals surface area (Å²) in [5, 5.41) is 6.12. The van der Waals surface area contributed by atoms with Crippen LogP contribution in [0.5, 0.6) is 0 Å². The van der Waals surface area contributed by atoms with Crippen molar-refractivity contribution in [1.29, 1.82) is 0 Å². The summed E-state index contributed by atoms with van der Waals surface area (Å²) in [5.74, 6) is 1.70.